The highest BCUT2D eigenvalue weighted by atomic mass is 35.5. The third kappa shape index (κ3) is 5.53. The molecule has 0 radical (unpaired) electrons. The van der Waals surface area contributed by atoms with Gasteiger partial charge in [0.25, 0.3) is 0 Å². The van der Waals surface area contributed by atoms with Crippen LogP contribution in [-0.2, 0) is 11.3 Å². The van der Waals surface area contributed by atoms with Crippen LogP contribution < -0.4 is 5.32 Å². The Balaban J connectivity index is 1.38. The van der Waals surface area contributed by atoms with E-state index in [-0.39, 0.29) is 11.7 Å². The monoisotopic (exact) mass is 474 g/mol. The Hall–Kier alpha value is -2.23. The number of carbonyl (C=O) groups is 1. The number of amides is 1. The summed E-state index contributed by atoms with van der Waals surface area (Å²) in [6, 6.07) is 7.42. The second-order valence-electron chi connectivity index (χ2n) is 7.33. The number of anilines is 1. The first-order valence-electron chi connectivity index (χ1n) is 10.2. The molecule has 0 unspecified atom stereocenters. The zero-order chi connectivity index (χ0) is 21.6. The Morgan fingerprint density at radius 1 is 1.19 bits per heavy atom. The average Bonchev–Trinajstić information content (AvgIpc) is 3.41. The quantitative estimate of drug-likeness (QED) is 0.347. The first kappa shape index (κ1) is 22.0. The molecule has 1 fully saturated rings. The fourth-order valence-electron chi connectivity index (χ4n) is 3.59. The first-order chi connectivity index (χ1) is 15.1. The van der Waals surface area contributed by atoms with E-state index < -0.39 is 0 Å². The van der Waals surface area contributed by atoms with Gasteiger partial charge in [0.2, 0.25) is 11.0 Å². The number of halogens is 1. The molecule has 1 aliphatic carbocycles. The molecule has 10 heteroatoms. The molecular weight excluding hydrogens is 452 g/mol. The number of allylic oxidation sites excluding steroid dienone is 1. The van der Waals surface area contributed by atoms with Crippen molar-refractivity contribution in [1.82, 2.24) is 25.0 Å². The lowest BCUT2D eigenvalue weighted by atomic mass is 9.90. The summed E-state index contributed by atoms with van der Waals surface area (Å²) in [4.78, 5) is 12.5. The lowest BCUT2D eigenvalue weighted by molar-refractivity contribution is -0.113. The number of nitrogens with zero attached hydrogens (tertiary/aromatic N) is 5. The minimum absolute atomic E-state index is 0.141. The van der Waals surface area contributed by atoms with Gasteiger partial charge in [0.15, 0.2) is 11.0 Å². The molecule has 2 aromatic heterocycles. The predicted molar refractivity (Wildman–Crippen MR) is 126 cm³/mol. The standard InChI is InChI=1S/C21H23ClN6OS2/c1-2-12-28-18(14-8-10-16(22)11-9-14)24-27-21(28)30-13-17(29)23-20-26-25-19(31-20)15-6-4-3-5-7-15/h2,8-11,15H,1,3-7,12-13H2,(H,23,26,29). The lowest BCUT2D eigenvalue weighted by Gasteiger charge is -2.18. The predicted octanol–water partition coefficient (Wildman–Crippen LogP) is 5.41. The number of aromatic nitrogens is 5. The molecule has 7 nitrogen and oxygen atoms in total. The van der Waals surface area contributed by atoms with E-state index in [1.807, 2.05) is 28.8 Å². The van der Waals surface area contributed by atoms with Gasteiger partial charge in [-0.2, -0.15) is 0 Å². The van der Waals surface area contributed by atoms with Gasteiger partial charge in [0.05, 0.1) is 5.75 Å². The molecule has 0 saturated heterocycles. The normalized spacial score (nSPS) is 14.5. The largest absolute Gasteiger partial charge is 0.300 e. The summed E-state index contributed by atoms with van der Waals surface area (Å²) in [5.41, 5.74) is 0.902. The van der Waals surface area contributed by atoms with Crippen LogP contribution in [0, 0.1) is 0 Å². The molecule has 1 aromatic carbocycles. The molecule has 1 amide bonds. The summed E-state index contributed by atoms with van der Waals surface area (Å²) in [6.07, 6.45) is 7.88. The van der Waals surface area contributed by atoms with Crippen LogP contribution >= 0.6 is 34.7 Å². The summed E-state index contributed by atoms with van der Waals surface area (Å²) in [5.74, 6) is 1.25. The first-order valence-corrected chi connectivity index (χ1v) is 12.4. The Bertz CT molecular complexity index is 1040. The number of carbonyl (C=O) groups excluding carboxylic acids is 1. The van der Waals surface area contributed by atoms with Gasteiger partial charge in [-0.05, 0) is 37.1 Å². The van der Waals surface area contributed by atoms with Gasteiger partial charge in [-0.25, -0.2) is 0 Å². The van der Waals surface area contributed by atoms with Crippen LogP contribution in [0.2, 0.25) is 5.02 Å². The van der Waals surface area contributed by atoms with Crippen molar-refractivity contribution in [1.29, 1.82) is 0 Å². The van der Waals surface area contributed by atoms with Gasteiger partial charge in [-0.1, -0.05) is 60.0 Å². The maximum atomic E-state index is 12.5. The topological polar surface area (TPSA) is 85.6 Å². The molecular formula is C21H23ClN6OS2. The summed E-state index contributed by atoms with van der Waals surface area (Å²) in [7, 11) is 0. The van der Waals surface area contributed by atoms with Gasteiger partial charge < -0.3 is 0 Å². The number of nitrogens with one attached hydrogen (secondary N) is 1. The molecule has 31 heavy (non-hydrogen) atoms. The number of hydrogen-bond donors (Lipinski definition) is 1. The third-order valence-corrected chi connectivity index (χ3v) is 7.32. The molecule has 0 aliphatic heterocycles. The molecule has 0 spiro atoms. The highest BCUT2D eigenvalue weighted by Gasteiger charge is 2.20. The maximum absolute atomic E-state index is 12.5. The van der Waals surface area contributed by atoms with Gasteiger partial charge in [-0.15, -0.1) is 27.0 Å². The molecule has 1 N–H and O–H groups in total. The van der Waals surface area contributed by atoms with E-state index in [9.17, 15) is 4.79 Å². The maximum Gasteiger partial charge on any atom is 0.236 e. The molecule has 0 atom stereocenters. The van der Waals surface area contributed by atoms with E-state index >= 15 is 0 Å². The molecule has 2 heterocycles. The number of rotatable bonds is 8. The Morgan fingerprint density at radius 2 is 1.97 bits per heavy atom. The Labute approximate surface area is 194 Å². The fourth-order valence-corrected chi connectivity index (χ4v) is 5.39. The van der Waals surface area contributed by atoms with E-state index in [1.54, 1.807) is 6.08 Å². The lowest BCUT2D eigenvalue weighted by Crippen LogP contribution is -2.14. The molecule has 1 saturated carbocycles. The van der Waals surface area contributed by atoms with Crippen molar-refractivity contribution in [2.45, 2.75) is 49.7 Å². The van der Waals surface area contributed by atoms with Gasteiger partial charge in [0, 0.05) is 23.0 Å². The second kappa shape index (κ2) is 10.4. The summed E-state index contributed by atoms with van der Waals surface area (Å²) in [6.45, 7) is 4.36. The zero-order valence-corrected chi connectivity index (χ0v) is 19.3. The molecule has 4 rings (SSSR count). The summed E-state index contributed by atoms with van der Waals surface area (Å²) >= 11 is 8.80. The summed E-state index contributed by atoms with van der Waals surface area (Å²) in [5, 5.41) is 22.8. The van der Waals surface area contributed by atoms with Crippen molar-refractivity contribution < 1.29 is 4.79 Å². The molecule has 0 bridgehead atoms. The second-order valence-corrected chi connectivity index (χ2v) is 9.72. The molecule has 162 valence electrons. The van der Waals surface area contributed by atoms with Crippen LogP contribution in [0.4, 0.5) is 5.13 Å². The summed E-state index contributed by atoms with van der Waals surface area (Å²) < 4.78 is 1.93. The average molecular weight is 475 g/mol. The number of benzene rings is 1. The van der Waals surface area contributed by atoms with Crippen molar-refractivity contribution in [3.63, 3.8) is 0 Å². The fraction of sp³-hybridized carbons (Fsp3) is 0.381. The van der Waals surface area contributed by atoms with Crippen LogP contribution in [0.25, 0.3) is 11.4 Å². The van der Waals surface area contributed by atoms with Gasteiger partial charge in [0.1, 0.15) is 5.01 Å². The third-order valence-electron chi connectivity index (χ3n) is 5.10. The van der Waals surface area contributed by atoms with E-state index in [2.05, 4.69) is 32.3 Å². The van der Waals surface area contributed by atoms with Crippen molar-refractivity contribution in [2.75, 3.05) is 11.1 Å². The highest BCUT2D eigenvalue weighted by Crippen LogP contribution is 2.35. The van der Waals surface area contributed by atoms with Crippen molar-refractivity contribution in [3.05, 3.63) is 47.0 Å². The Morgan fingerprint density at radius 3 is 2.71 bits per heavy atom. The van der Waals surface area contributed by atoms with Crippen LogP contribution in [0.15, 0.2) is 42.1 Å². The van der Waals surface area contributed by atoms with Gasteiger partial charge >= 0.3 is 0 Å². The minimum Gasteiger partial charge on any atom is -0.300 e. The van der Waals surface area contributed by atoms with E-state index in [1.165, 1.54) is 42.4 Å². The number of hydrogen-bond acceptors (Lipinski definition) is 7. The van der Waals surface area contributed by atoms with E-state index in [0.717, 1.165) is 23.4 Å². The van der Waals surface area contributed by atoms with Crippen LogP contribution in [-0.4, -0.2) is 36.6 Å². The van der Waals surface area contributed by atoms with E-state index in [4.69, 9.17) is 11.6 Å². The van der Waals surface area contributed by atoms with Crippen molar-refractivity contribution in [2.24, 2.45) is 0 Å². The van der Waals surface area contributed by atoms with Crippen LogP contribution in [0.5, 0.6) is 0 Å². The minimum atomic E-state index is -0.141. The Kier molecular flexibility index (Phi) is 7.37. The highest BCUT2D eigenvalue weighted by molar-refractivity contribution is 7.99. The van der Waals surface area contributed by atoms with Crippen molar-refractivity contribution in [3.8, 4) is 11.4 Å². The smallest absolute Gasteiger partial charge is 0.236 e. The van der Waals surface area contributed by atoms with Gasteiger partial charge in [-0.3, -0.25) is 14.7 Å². The molecule has 3 aromatic rings. The van der Waals surface area contributed by atoms with Crippen LogP contribution in [0.1, 0.15) is 43.0 Å². The van der Waals surface area contributed by atoms with Crippen molar-refractivity contribution >= 4 is 45.7 Å². The molecule has 1 aliphatic rings. The number of thioether (sulfide) groups is 1. The van der Waals surface area contributed by atoms with E-state index in [0.29, 0.717) is 33.6 Å². The SMILES string of the molecule is C=CCn1c(SCC(=O)Nc2nnc(C3CCCCC3)s2)nnc1-c1ccc(Cl)cc1. The zero-order valence-electron chi connectivity index (χ0n) is 17.0. The van der Waals surface area contributed by atoms with Crippen LogP contribution in [0.3, 0.4) is 0 Å².